The van der Waals surface area contributed by atoms with E-state index in [1.807, 2.05) is 0 Å². The molecule has 7 N–H and O–H groups in total. The van der Waals surface area contributed by atoms with Crippen molar-refractivity contribution >= 4 is 11.9 Å². The van der Waals surface area contributed by atoms with Crippen molar-refractivity contribution in [1.82, 2.24) is 5.32 Å². The smallest absolute Gasteiger partial charge is 0.339 e. The molecule has 2 atom stereocenters. The Labute approximate surface area is 111 Å². The van der Waals surface area contributed by atoms with Gasteiger partial charge in [0, 0.05) is 0 Å². The SMILES string of the molecule is NCCCNCCCCC(O)(C(=O)O)C(O)C(=O)O. The van der Waals surface area contributed by atoms with Crippen LogP contribution in [0, 0.1) is 0 Å². The lowest BCUT2D eigenvalue weighted by Crippen LogP contribution is -2.53. The quantitative estimate of drug-likeness (QED) is 0.246. The molecule has 0 aromatic heterocycles. The minimum atomic E-state index is -2.65. The van der Waals surface area contributed by atoms with E-state index in [4.69, 9.17) is 15.9 Å². The molecule has 0 aromatic carbocycles. The summed E-state index contributed by atoms with van der Waals surface area (Å²) in [5.74, 6) is -3.50. The number of carbonyl (C=O) groups is 2. The summed E-state index contributed by atoms with van der Waals surface area (Å²) >= 11 is 0. The fourth-order valence-electron chi connectivity index (χ4n) is 1.56. The molecule has 0 saturated carbocycles. The minimum Gasteiger partial charge on any atom is -0.479 e. The van der Waals surface area contributed by atoms with E-state index in [0.717, 1.165) is 13.0 Å². The van der Waals surface area contributed by atoms with E-state index in [1.54, 1.807) is 0 Å². The molecule has 0 aliphatic carbocycles. The molecule has 0 aliphatic heterocycles. The molecular formula is C11H22N2O6. The number of rotatable bonds is 11. The van der Waals surface area contributed by atoms with Crippen molar-refractivity contribution in [2.24, 2.45) is 5.73 Å². The van der Waals surface area contributed by atoms with E-state index < -0.39 is 23.6 Å². The zero-order chi connectivity index (χ0) is 14.9. The van der Waals surface area contributed by atoms with Gasteiger partial charge in [-0.2, -0.15) is 0 Å². The molecule has 8 nitrogen and oxygen atoms in total. The molecular weight excluding hydrogens is 256 g/mol. The van der Waals surface area contributed by atoms with Crippen molar-refractivity contribution in [3.8, 4) is 0 Å². The van der Waals surface area contributed by atoms with Crippen LogP contribution in [0.25, 0.3) is 0 Å². The van der Waals surface area contributed by atoms with Gasteiger partial charge in [-0.1, -0.05) is 0 Å². The molecule has 0 heterocycles. The van der Waals surface area contributed by atoms with E-state index in [9.17, 15) is 19.8 Å². The number of carboxylic acid groups (broad SMARTS) is 2. The zero-order valence-corrected chi connectivity index (χ0v) is 10.7. The first-order valence-electron chi connectivity index (χ1n) is 6.13. The van der Waals surface area contributed by atoms with E-state index >= 15 is 0 Å². The van der Waals surface area contributed by atoms with Gasteiger partial charge in [0.15, 0.2) is 11.7 Å². The first kappa shape index (κ1) is 17.8. The predicted octanol–water partition coefficient (Wildman–Crippen LogP) is -1.64. The van der Waals surface area contributed by atoms with E-state index in [2.05, 4.69) is 5.32 Å². The third kappa shape index (κ3) is 5.97. The topological polar surface area (TPSA) is 153 Å². The first-order chi connectivity index (χ1) is 8.86. The summed E-state index contributed by atoms with van der Waals surface area (Å²) in [6, 6.07) is 0. The molecule has 0 aromatic rings. The lowest BCUT2D eigenvalue weighted by molar-refractivity contribution is -0.184. The van der Waals surface area contributed by atoms with Crippen molar-refractivity contribution in [3.63, 3.8) is 0 Å². The summed E-state index contributed by atoms with van der Waals surface area (Å²) in [5.41, 5.74) is 2.65. The molecule has 0 fully saturated rings. The number of aliphatic hydroxyl groups excluding tert-OH is 1. The highest BCUT2D eigenvalue weighted by Gasteiger charge is 2.47. The van der Waals surface area contributed by atoms with Gasteiger partial charge in [-0.25, -0.2) is 9.59 Å². The van der Waals surface area contributed by atoms with E-state index in [0.29, 0.717) is 19.5 Å². The Morgan fingerprint density at radius 1 is 1.16 bits per heavy atom. The first-order valence-corrected chi connectivity index (χ1v) is 6.13. The van der Waals surface area contributed by atoms with Gasteiger partial charge in [0.05, 0.1) is 0 Å². The Balaban J connectivity index is 4.09. The second-order valence-electron chi connectivity index (χ2n) is 4.32. The van der Waals surface area contributed by atoms with Gasteiger partial charge in [0.25, 0.3) is 0 Å². The average molecular weight is 278 g/mol. The number of aliphatic hydroxyl groups is 2. The van der Waals surface area contributed by atoms with Gasteiger partial charge in [0.2, 0.25) is 0 Å². The van der Waals surface area contributed by atoms with Crippen LogP contribution >= 0.6 is 0 Å². The maximum Gasteiger partial charge on any atom is 0.339 e. The molecule has 19 heavy (non-hydrogen) atoms. The number of nitrogens with one attached hydrogen (secondary N) is 1. The van der Waals surface area contributed by atoms with Gasteiger partial charge in [-0.15, -0.1) is 0 Å². The predicted molar refractivity (Wildman–Crippen MR) is 66.6 cm³/mol. The molecule has 0 aliphatic rings. The highest BCUT2D eigenvalue weighted by molar-refractivity contribution is 5.87. The molecule has 112 valence electrons. The van der Waals surface area contributed by atoms with Crippen molar-refractivity contribution in [2.45, 2.75) is 37.4 Å². The van der Waals surface area contributed by atoms with Crippen LogP contribution in [0.3, 0.4) is 0 Å². The third-order valence-electron chi connectivity index (χ3n) is 2.78. The van der Waals surface area contributed by atoms with Crippen LogP contribution < -0.4 is 11.1 Å². The summed E-state index contributed by atoms with van der Waals surface area (Å²) in [7, 11) is 0. The Morgan fingerprint density at radius 3 is 2.21 bits per heavy atom. The van der Waals surface area contributed by atoms with Gasteiger partial charge in [-0.05, 0) is 45.3 Å². The average Bonchev–Trinajstić information content (AvgIpc) is 2.36. The van der Waals surface area contributed by atoms with Crippen LogP contribution in [0.4, 0.5) is 0 Å². The van der Waals surface area contributed by atoms with Crippen LogP contribution in [0.2, 0.25) is 0 Å². The molecule has 0 amide bonds. The van der Waals surface area contributed by atoms with Gasteiger partial charge < -0.3 is 31.5 Å². The molecule has 0 saturated heterocycles. The minimum absolute atomic E-state index is 0.281. The second-order valence-corrected chi connectivity index (χ2v) is 4.32. The molecule has 2 unspecified atom stereocenters. The summed E-state index contributed by atoms with van der Waals surface area (Å²) in [6.07, 6.45) is -0.990. The lowest BCUT2D eigenvalue weighted by atomic mass is 9.90. The lowest BCUT2D eigenvalue weighted by Gasteiger charge is -2.25. The number of hydrogen-bond acceptors (Lipinski definition) is 6. The normalized spacial score (nSPS) is 15.7. The van der Waals surface area contributed by atoms with Crippen molar-refractivity contribution in [3.05, 3.63) is 0 Å². The van der Waals surface area contributed by atoms with Crippen LogP contribution in [0.1, 0.15) is 25.7 Å². The summed E-state index contributed by atoms with van der Waals surface area (Å²) in [4.78, 5) is 21.4. The summed E-state index contributed by atoms with van der Waals surface area (Å²) < 4.78 is 0. The van der Waals surface area contributed by atoms with E-state index in [-0.39, 0.29) is 12.8 Å². The molecule has 0 rings (SSSR count). The van der Waals surface area contributed by atoms with Crippen LogP contribution in [-0.2, 0) is 9.59 Å². The molecule has 8 heteroatoms. The van der Waals surface area contributed by atoms with Crippen molar-refractivity contribution in [1.29, 1.82) is 0 Å². The third-order valence-corrected chi connectivity index (χ3v) is 2.78. The summed E-state index contributed by atoms with van der Waals surface area (Å²) in [5, 5.41) is 39.4. The number of nitrogens with two attached hydrogens (primary N) is 1. The highest BCUT2D eigenvalue weighted by Crippen LogP contribution is 2.19. The van der Waals surface area contributed by atoms with E-state index in [1.165, 1.54) is 0 Å². The maximum atomic E-state index is 10.9. The van der Waals surface area contributed by atoms with Gasteiger partial charge in [0.1, 0.15) is 0 Å². The highest BCUT2D eigenvalue weighted by atomic mass is 16.4. The largest absolute Gasteiger partial charge is 0.479 e. The molecule has 0 bridgehead atoms. The summed E-state index contributed by atoms with van der Waals surface area (Å²) in [6.45, 7) is 1.94. The Kier molecular flexibility index (Phi) is 8.24. The van der Waals surface area contributed by atoms with Crippen LogP contribution in [0.5, 0.6) is 0 Å². The number of hydrogen-bond donors (Lipinski definition) is 6. The Morgan fingerprint density at radius 2 is 1.74 bits per heavy atom. The second kappa shape index (κ2) is 8.81. The van der Waals surface area contributed by atoms with Crippen LogP contribution in [-0.4, -0.2) is 63.7 Å². The number of carboxylic acids is 2. The van der Waals surface area contributed by atoms with Gasteiger partial charge >= 0.3 is 11.9 Å². The Hall–Kier alpha value is -1.22. The fourth-order valence-corrected chi connectivity index (χ4v) is 1.56. The maximum absolute atomic E-state index is 10.9. The Bertz CT molecular complexity index is 299. The molecule has 0 spiro atoms. The number of aliphatic carboxylic acids is 2. The molecule has 0 radical (unpaired) electrons. The monoisotopic (exact) mass is 278 g/mol. The number of unbranched alkanes of at least 4 members (excludes halogenated alkanes) is 1. The standard InChI is InChI=1S/C11H22N2O6/c12-5-3-7-13-6-2-1-4-11(19,10(17)18)8(14)9(15)16/h8,13-14,19H,1-7,12H2,(H,15,16)(H,17,18). The van der Waals surface area contributed by atoms with Crippen molar-refractivity contribution < 1.29 is 30.0 Å². The van der Waals surface area contributed by atoms with Crippen LogP contribution in [0.15, 0.2) is 0 Å². The zero-order valence-electron chi connectivity index (χ0n) is 10.7. The van der Waals surface area contributed by atoms with Crippen molar-refractivity contribution in [2.75, 3.05) is 19.6 Å². The fraction of sp³-hybridized carbons (Fsp3) is 0.818. The van der Waals surface area contributed by atoms with Gasteiger partial charge in [-0.3, -0.25) is 0 Å².